The normalized spacial score (nSPS) is 16.0. The fourth-order valence-corrected chi connectivity index (χ4v) is 5.81. The molecular formula is C20H27ClN2O4S2. The number of sulfone groups is 1. The van der Waals surface area contributed by atoms with E-state index in [9.17, 15) is 16.8 Å². The summed E-state index contributed by atoms with van der Waals surface area (Å²) in [5.74, 6) is 0.894. The zero-order chi connectivity index (χ0) is 21.2. The van der Waals surface area contributed by atoms with Crippen molar-refractivity contribution in [2.45, 2.75) is 25.0 Å². The lowest BCUT2D eigenvalue weighted by molar-refractivity contribution is 0.560. The van der Waals surface area contributed by atoms with E-state index >= 15 is 0 Å². The zero-order valence-corrected chi connectivity index (χ0v) is 18.6. The molecule has 3 rings (SSSR count). The first-order chi connectivity index (χ1) is 13.8. The van der Waals surface area contributed by atoms with E-state index in [2.05, 4.69) is 4.72 Å². The maximum atomic E-state index is 11.6. The summed E-state index contributed by atoms with van der Waals surface area (Å²) < 4.78 is 50.4. The smallest absolute Gasteiger partial charge is 0.258 e. The van der Waals surface area contributed by atoms with Crippen LogP contribution in [0.15, 0.2) is 60.7 Å². The van der Waals surface area contributed by atoms with E-state index in [0.29, 0.717) is 25.4 Å². The quantitative estimate of drug-likeness (QED) is 0.509. The third-order valence-electron chi connectivity index (χ3n) is 4.23. The van der Waals surface area contributed by atoms with Crippen LogP contribution in [0.1, 0.15) is 24.8 Å². The lowest BCUT2D eigenvalue weighted by Gasteiger charge is -2.28. The Kier molecular flexibility index (Phi) is 9.42. The highest BCUT2D eigenvalue weighted by Crippen LogP contribution is 2.18. The number of nitrogens with one attached hydrogen (secondary N) is 1. The van der Waals surface area contributed by atoms with Crippen LogP contribution in [0.3, 0.4) is 0 Å². The van der Waals surface area contributed by atoms with E-state index in [1.807, 2.05) is 48.5 Å². The summed E-state index contributed by atoms with van der Waals surface area (Å²) in [7, 11) is -6.26. The lowest BCUT2D eigenvalue weighted by atomic mass is 10.2. The molecule has 1 heterocycles. The number of halogens is 1. The molecule has 1 saturated heterocycles. The van der Waals surface area contributed by atoms with Crippen molar-refractivity contribution in [2.75, 3.05) is 29.0 Å². The molecule has 0 amide bonds. The van der Waals surface area contributed by atoms with Crippen LogP contribution in [0.5, 0.6) is 0 Å². The first kappa shape index (κ1) is 23.7. The predicted molar refractivity (Wildman–Crippen MR) is 119 cm³/mol. The number of rotatable bonds is 7. The third-order valence-corrected chi connectivity index (χ3v) is 7.72. The first-order valence-corrected chi connectivity index (χ1v) is 13.3. The summed E-state index contributed by atoms with van der Waals surface area (Å²) in [5.41, 5.74) is 1.57. The molecule has 0 aliphatic carbocycles. The number of alkyl halides is 1. The Morgan fingerprint density at radius 2 is 1.59 bits per heavy atom. The monoisotopic (exact) mass is 458 g/mol. The van der Waals surface area contributed by atoms with Crippen molar-refractivity contribution in [1.82, 2.24) is 4.72 Å². The van der Waals surface area contributed by atoms with E-state index in [-0.39, 0.29) is 11.5 Å². The number of para-hydroxylation sites is 1. The summed E-state index contributed by atoms with van der Waals surface area (Å²) in [6.45, 7) is 1.09. The van der Waals surface area contributed by atoms with Gasteiger partial charge in [-0.05, 0) is 37.0 Å². The van der Waals surface area contributed by atoms with Gasteiger partial charge in [0.25, 0.3) is 0 Å². The van der Waals surface area contributed by atoms with Gasteiger partial charge in [-0.25, -0.2) is 8.42 Å². The second-order valence-corrected chi connectivity index (χ2v) is 10.9. The largest absolute Gasteiger partial charge is 0.301 e. The highest BCUT2D eigenvalue weighted by molar-refractivity contribution is 7.91. The summed E-state index contributed by atoms with van der Waals surface area (Å²) in [6.07, 6.45) is 2.25. The van der Waals surface area contributed by atoms with E-state index in [1.54, 1.807) is 12.1 Å². The molecule has 29 heavy (non-hydrogen) atoms. The number of nitrogens with zero attached hydrogens (tertiary/aromatic N) is 1. The molecule has 2 aromatic rings. The molecule has 0 bridgehead atoms. The molecule has 0 saturated carbocycles. The van der Waals surface area contributed by atoms with Gasteiger partial charge < -0.3 is 0 Å². The minimum absolute atomic E-state index is 0.135. The molecule has 0 spiro atoms. The van der Waals surface area contributed by atoms with Crippen LogP contribution in [0.2, 0.25) is 0 Å². The van der Waals surface area contributed by atoms with Gasteiger partial charge in [-0.15, -0.1) is 11.6 Å². The van der Waals surface area contributed by atoms with Crippen LogP contribution < -0.4 is 9.03 Å². The average Bonchev–Trinajstić information content (AvgIpc) is 2.69. The van der Waals surface area contributed by atoms with Crippen molar-refractivity contribution >= 4 is 37.3 Å². The van der Waals surface area contributed by atoms with Crippen molar-refractivity contribution in [3.8, 4) is 0 Å². The summed E-state index contributed by atoms with van der Waals surface area (Å²) >= 11 is 5.50. The first-order valence-electron chi connectivity index (χ1n) is 9.47. The Morgan fingerprint density at radius 1 is 0.966 bits per heavy atom. The fourth-order valence-electron chi connectivity index (χ4n) is 2.80. The molecule has 0 unspecified atom stereocenters. The molecule has 1 aliphatic heterocycles. The Morgan fingerprint density at radius 3 is 2.17 bits per heavy atom. The highest BCUT2D eigenvalue weighted by Gasteiger charge is 2.24. The fraction of sp³-hybridized carbons (Fsp3) is 0.400. The number of anilines is 1. The number of unbranched alkanes of at least 4 members (excludes halogenated alkanes) is 1. The van der Waals surface area contributed by atoms with Crippen LogP contribution in [0.4, 0.5) is 5.69 Å². The average molecular weight is 459 g/mol. The molecule has 0 radical (unpaired) electrons. The van der Waals surface area contributed by atoms with Crippen LogP contribution >= 0.6 is 11.6 Å². The Bertz CT molecular complexity index is 937. The van der Waals surface area contributed by atoms with Crippen molar-refractivity contribution in [3.05, 3.63) is 66.2 Å². The summed E-state index contributed by atoms with van der Waals surface area (Å²) in [6, 6.07) is 18.4. The van der Waals surface area contributed by atoms with E-state index in [1.165, 1.54) is 4.31 Å². The molecule has 0 aromatic heterocycles. The van der Waals surface area contributed by atoms with Crippen LogP contribution in [0, 0.1) is 0 Å². The van der Waals surface area contributed by atoms with E-state index in [4.69, 9.17) is 11.6 Å². The van der Waals surface area contributed by atoms with Crippen molar-refractivity contribution in [2.24, 2.45) is 0 Å². The van der Waals surface area contributed by atoms with Gasteiger partial charge >= 0.3 is 10.2 Å². The molecule has 1 aliphatic rings. The minimum Gasteiger partial charge on any atom is -0.258 e. The van der Waals surface area contributed by atoms with E-state index < -0.39 is 20.0 Å². The second-order valence-electron chi connectivity index (χ2n) is 6.63. The predicted octanol–water partition coefficient (Wildman–Crippen LogP) is 3.35. The molecule has 1 N–H and O–H groups in total. The molecular weight excluding hydrogens is 432 g/mol. The number of benzene rings is 2. The number of hydrogen-bond donors (Lipinski definition) is 1. The minimum atomic E-state index is -3.29. The maximum Gasteiger partial charge on any atom is 0.301 e. The Hall–Kier alpha value is -1.61. The van der Waals surface area contributed by atoms with Gasteiger partial charge in [0.15, 0.2) is 9.84 Å². The Balaban J connectivity index is 0.000000207. The topological polar surface area (TPSA) is 83.5 Å². The SMILES string of the molecule is O=S(=O)(CCCCCl)Cc1ccccc1.O=S1(=O)NCCCN1c1ccccc1. The van der Waals surface area contributed by atoms with Gasteiger partial charge in [0.1, 0.15) is 0 Å². The maximum absolute atomic E-state index is 11.6. The lowest BCUT2D eigenvalue weighted by Crippen LogP contribution is -2.46. The van der Waals surface area contributed by atoms with Crippen LogP contribution in [-0.4, -0.2) is 41.6 Å². The molecule has 1 fully saturated rings. The summed E-state index contributed by atoms with van der Waals surface area (Å²) in [5, 5.41) is 0. The van der Waals surface area contributed by atoms with E-state index in [0.717, 1.165) is 24.1 Å². The van der Waals surface area contributed by atoms with Crippen molar-refractivity contribution in [1.29, 1.82) is 0 Å². The molecule has 2 aromatic carbocycles. The van der Waals surface area contributed by atoms with Gasteiger partial charge in [-0.1, -0.05) is 48.5 Å². The van der Waals surface area contributed by atoms with Crippen molar-refractivity contribution in [3.63, 3.8) is 0 Å². The standard InChI is InChI=1S/C11H15ClO2S.C9H12N2O2S/c12-8-4-5-9-15(13,14)10-11-6-2-1-3-7-11;12-14(13)10-7-4-8-11(14)9-5-2-1-3-6-9/h1-3,6-7H,4-5,8-10H2;1-3,5-6,10H,4,7-8H2. The second kappa shape index (κ2) is 11.5. The molecule has 0 atom stereocenters. The van der Waals surface area contributed by atoms with Crippen LogP contribution in [-0.2, 0) is 25.8 Å². The van der Waals surface area contributed by atoms with Gasteiger partial charge in [-0.3, -0.25) is 4.31 Å². The third kappa shape index (κ3) is 8.34. The van der Waals surface area contributed by atoms with Gasteiger partial charge in [0.05, 0.1) is 17.2 Å². The Labute approximate surface area is 179 Å². The van der Waals surface area contributed by atoms with Crippen molar-refractivity contribution < 1.29 is 16.8 Å². The zero-order valence-electron chi connectivity index (χ0n) is 16.2. The molecule has 6 nitrogen and oxygen atoms in total. The van der Waals surface area contributed by atoms with Gasteiger partial charge in [0.2, 0.25) is 0 Å². The summed E-state index contributed by atoms with van der Waals surface area (Å²) in [4.78, 5) is 0. The molecule has 160 valence electrons. The van der Waals surface area contributed by atoms with Crippen LogP contribution in [0.25, 0.3) is 0 Å². The molecule has 9 heteroatoms. The highest BCUT2D eigenvalue weighted by atomic mass is 35.5. The van der Waals surface area contributed by atoms with Gasteiger partial charge in [-0.2, -0.15) is 13.1 Å². The van der Waals surface area contributed by atoms with Gasteiger partial charge in [0, 0.05) is 19.0 Å². The number of hydrogen-bond acceptors (Lipinski definition) is 4.